The molecule has 1 saturated heterocycles. The lowest BCUT2D eigenvalue weighted by Crippen LogP contribution is -2.47. The summed E-state index contributed by atoms with van der Waals surface area (Å²) in [5, 5.41) is 4.53. The fraction of sp³-hybridized carbons (Fsp3) is 0.565. The van der Waals surface area contributed by atoms with Gasteiger partial charge < -0.3 is 19.1 Å². The molecule has 2 aromatic heterocycles. The van der Waals surface area contributed by atoms with Crippen molar-refractivity contribution in [3.05, 3.63) is 41.1 Å². The van der Waals surface area contributed by atoms with Crippen LogP contribution in [0.5, 0.6) is 0 Å². The zero-order chi connectivity index (χ0) is 22.8. The van der Waals surface area contributed by atoms with Gasteiger partial charge in [0.05, 0.1) is 18.7 Å². The zero-order valence-corrected chi connectivity index (χ0v) is 19.0. The Bertz CT molecular complexity index is 992. The van der Waals surface area contributed by atoms with Crippen LogP contribution in [-0.4, -0.2) is 74.9 Å². The first kappa shape index (κ1) is 22.1. The standard InChI is InChI=1S/C23H31N5O4/c1-4-26(5-2)21(29)16-8-6-11-27(14-16)23(31)20-17-15-28(12-10-18(17)25(3)24-20)22(30)19-9-7-13-32-19/h7,9,13,16H,4-6,8,10-12,14-15H2,1-3H3/t16-/m1/s1. The van der Waals surface area contributed by atoms with E-state index in [0.29, 0.717) is 57.1 Å². The summed E-state index contributed by atoms with van der Waals surface area (Å²) in [6.07, 6.45) is 3.70. The van der Waals surface area contributed by atoms with Crippen LogP contribution in [0.15, 0.2) is 22.8 Å². The Morgan fingerprint density at radius 1 is 1.16 bits per heavy atom. The summed E-state index contributed by atoms with van der Waals surface area (Å²) in [5.74, 6) is -0.120. The first-order valence-corrected chi connectivity index (χ1v) is 11.4. The molecule has 2 aliphatic heterocycles. The number of hydrogen-bond acceptors (Lipinski definition) is 5. The summed E-state index contributed by atoms with van der Waals surface area (Å²) in [7, 11) is 1.84. The number of carbonyl (C=O) groups is 3. The molecule has 0 N–H and O–H groups in total. The molecule has 0 bridgehead atoms. The van der Waals surface area contributed by atoms with Gasteiger partial charge in [0.1, 0.15) is 0 Å². The molecule has 3 amide bonds. The molecule has 2 aromatic rings. The van der Waals surface area contributed by atoms with Crippen molar-refractivity contribution in [1.29, 1.82) is 0 Å². The lowest BCUT2D eigenvalue weighted by atomic mass is 9.95. The highest BCUT2D eigenvalue weighted by Gasteiger charge is 2.35. The summed E-state index contributed by atoms with van der Waals surface area (Å²) >= 11 is 0. The van der Waals surface area contributed by atoms with Crippen molar-refractivity contribution < 1.29 is 18.8 Å². The first-order valence-electron chi connectivity index (χ1n) is 11.4. The molecule has 0 spiro atoms. The fourth-order valence-corrected chi connectivity index (χ4v) is 4.80. The van der Waals surface area contributed by atoms with Gasteiger partial charge >= 0.3 is 0 Å². The van der Waals surface area contributed by atoms with E-state index in [1.54, 1.807) is 26.6 Å². The first-order chi connectivity index (χ1) is 15.4. The Balaban J connectivity index is 1.53. The minimum absolute atomic E-state index is 0.116. The van der Waals surface area contributed by atoms with Gasteiger partial charge in [-0.2, -0.15) is 5.10 Å². The van der Waals surface area contributed by atoms with Gasteiger partial charge in [-0.15, -0.1) is 0 Å². The normalized spacial score (nSPS) is 18.4. The Morgan fingerprint density at radius 3 is 2.62 bits per heavy atom. The van der Waals surface area contributed by atoms with Gasteiger partial charge in [0.15, 0.2) is 11.5 Å². The summed E-state index contributed by atoms with van der Waals surface area (Å²) in [4.78, 5) is 44.4. The van der Waals surface area contributed by atoms with E-state index in [9.17, 15) is 14.4 Å². The van der Waals surface area contributed by atoms with Crippen molar-refractivity contribution in [2.45, 2.75) is 39.7 Å². The third-order valence-electron chi connectivity index (χ3n) is 6.60. The van der Waals surface area contributed by atoms with E-state index < -0.39 is 0 Å². The molecule has 0 aromatic carbocycles. The quantitative estimate of drug-likeness (QED) is 0.707. The number of aromatic nitrogens is 2. The number of fused-ring (bicyclic) bond motifs is 1. The highest BCUT2D eigenvalue weighted by Crippen LogP contribution is 2.27. The van der Waals surface area contributed by atoms with E-state index in [0.717, 1.165) is 24.1 Å². The average Bonchev–Trinajstić information content (AvgIpc) is 3.47. The van der Waals surface area contributed by atoms with Crippen LogP contribution in [0.2, 0.25) is 0 Å². The zero-order valence-electron chi connectivity index (χ0n) is 19.0. The minimum Gasteiger partial charge on any atom is -0.459 e. The molecular weight excluding hydrogens is 410 g/mol. The van der Waals surface area contributed by atoms with Gasteiger partial charge in [-0.1, -0.05) is 0 Å². The van der Waals surface area contributed by atoms with Gasteiger partial charge in [0.2, 0.25) is 5.91 Å². The monoisotopic (exact) mass is 441 g/mol. The van der Waals surface area contributed by atoms with Crippen LogP contribution in [0.4, 0.5) is 0 Å². The van der Waals surface area contributed by atoms with Crippen molar-refractivity contribution >= 4 is 17.7 Å². The molecule has 1 atom stereocenters. The fourth-order valence-electron chi connectivity index (χ4n) is 4.80. The second kappa shape index (κ2) is 9.18. The number of furan rings is 1. The maximum absolute atomic E-state index is 13.5. The number of amides is 3. The van der Waals surface area contributed by atoms with E-state index in [4.69, 9.17) is 4.42 Å². The largest absolute Gasteiger partial charge is 0.459 e. The van der Waals surface area contributed by atoms with Crippen LogP contribution in [-0.2, 0) is 24.8 Å². The SMILES string of the molecule is CCN(CC)C(=O)[C@@H]1CCCN(C(=O)c2nn(C)c3c2CN(C(=O)c2ccco2)CC3)C1. The van der Waals surface area contributed by atoms with Crippen LogP contribution in [0.25, 0.3) is 0 Å². The summed E-state index contributed by atoms with van der Waals surface area (Å²) in [6.45, 7) is 7.19. The maximum Gasteiger partial charge on any atom is 0.289 e. The van der Waals surface area contributed by atoms with Crippen molar-refractivity contribution in [2.75, 3.05) is 32.7 Å². The molecular formula is C23H31N5O4. The van der Waals surface area contributed by atoms with Crippen LogP contribution < -0.4 is 0 Å². The molecule has 32 heavy (non-hydrogen) atoms. The second-order valence-electron chi connectivity index (χ2n) is 8.45. The Labute approximate surface area is 187 Å². The summed E-state index contributed by atoms with van der Waals surface area (Å²) in [6, 6.07) is 3.34. The third kappa shape index (κ3) is 4.03. The van der Waals surface area contributed by atoms with Gasteiger partial charge in [-0.25, -0.2) is 0 Å². The molecule has 4 heterocycles. The predicted molar refractivity (Wildman–Crippen MR) is 117 cm³/mol. The van der Waals surface area contributed by atoms with Crippen LogP contribution in [0.3, 0.4) is 0 Å². The van der Waals surface area contributed by atoms with E-state index in [1.165, 1.54) is 6.26 Å². The Hall–Kier alpha value is -3.10. The number of carbonyl (C=O) groups excluding carboxylic acids is 3. The smallest absolute Gasteiger partial charge is 0.289 e. The molecule has 0 unspecified atom stereocenters. The van der Waals surface area contributed by atoms with Gasteiger partial charge in [-0.3, -0.25) is 19.1 Å². The lowest BCUT2D eigenvalue weighted by molar-refractivity contribution is -0.136. The number of likely N-dealkylation sites (tertiary alicyclic amines) is 1. The third-order valence-corrected chi connectivity index (χ3v) is 6.60. The summed E-state index contributed by atoms with van der Waals surface area (Å²) in [5.41, 5.74) is 2.15. The summed E-state index contributed by atoms with van der Waals surface area (Å²) < 4.78 is 7.01. The molecule has 9 nitrogen and oxygen atoms in total. The maximum atomic E-state index is 13.5. The molecule has 4 rings (SSSR count). The van der Waals surface area contributed by atoms with Crippen LogP contribution in [0.1, 0.15) is 59.0 Å². The topological polar surface area (TPSA) is 91.9 Å². The van der Waals surface area contributed by atoms with Gasteiger partial charge in [0.25, 0.3) is 11.8 Å². The van der Waals surface area contributed by atoms with Crippen LogP contribution >= 0.6 is 0 Å². The number of piperidine rings is 1. The lowest BCUT2D eigenvalue weighted by Gasteiger charge is -2.34. The Morgan fingerprint density at radius 2 is 1.94 bits per heavy atom. The molecule has 172 valence electrons. The minimum atomic E-state index is -0.189. The van der Waals surface area contributed by atoms with E-state index in [2.05, 4.69) is 5.10 Å². The second-order valence-corrected chi connectivity index (χ2v) is 8.45. The van der Waals surface area contributed by atoms with Gasteiger partial charge in [0, 0.05) is 57.4 Å². The average molecular weight is 442 g/mol. The Kier molecular flexibility index (Phi) is 6.34. The van der Waals surface area contributed by atoms with Crippen molar-refractivity contribution in [2.24, 2.45) is 13.0 Å². The molecule has 0 saturated carbocycles. The van der Waals surface area contributed by atoms with E-state index in [-0.39, 0.29) is 23.6 Å². The van der Waals surface area contributed by atoms with Crippen molar-refractivity contribution in [1.82, 2.24) is 24.5 Å². The highest BCUT2D eigenvalue weighted by atomic mass is 16.3. The molecule has 9 heteroatoms. The number of nitrogens with zero attached hydrogens (tertiary/aromatic N) is 5. The van der Waals surface area contributed by atoms with E-state index in [1.807, 2.05) is 25.8 Å². The molecule has 1 fully saturated rings. The molecule has 0 aliphatic carbocycles. The predicted octanol–water partition coefficient (Wildman–Crippen LogP) is 1.93. The van der Waals surface area contributed by atoms with Gasteiger partial charge in [-0.05, 0) is 38.8 Å². The van der Waals surface area contributed by atoms with Crippen molar-refractivity contribution in [3.63, 3.8) is 0 Å². The number of hydrogen-bond donors (Lipinski definition) is 0. The van der Waals surface area contributed by atoms with Crippen molar-refractivity contribution in [3.8, 4) is 0 Å². The number of rotatable bonds is 5. The van der Waals surface area contributed by atoms with E-state index >= 15 is 0 Å². The molecule has 0 radical (unpaired) electrons. The van der Waals surface area contributed by atoms with Crippen LogP contribution in [0, 0.1) is 5.92 Å². The number of aryl methyl sites for hydroxylation is 1. The highest BCUT2D eigenvalue weighted by molar-refractivity contribution is 5.95. The molecule has 2 aliphatic rings.